The highest BCUT2D eigenvalue weighted by molar-refractivity contribution is 6.30. The van der Waals surface area contributed by atoms with E-state index in [4.69, 9.17) is 11.6 Å². The lowest BCUT2D eigenvalue weighted by molar-refractivity contribution is -0.123. The van der Waals surface area contributed by atoms with Crippen molar-refractivity contribution in [2.24, 2.45) is 0 Å². The maximum Gasteiger partial charge on any atom is 0.237 e. The number of halogens is 3. The van der Waals surface area contributed by atoms with Gasteiger partial charge in [-0.15, -0.1) is 0 Å². The summed E-state index contributed by atoms with van der Waals surface area (Å²) < 4.78 is 26.7. The Balaban J connectivity index is 1.59. The Morgan fingerprint density at radius 3 is 2.56 bits per heavy atom. The summed E-state index contributed by atoms with van der Waals surface area (Å²) in [5.41, 5.74) is 2.44. The van der Waals surface area contributed by atoms with Crippen LogP contribution in [0.5, 0.6) is 0 Å². The fraction of sp³-hybridized carbons (Fsp3) is 0.316. The summed E-state index contributed by atoms with van der Waals surface area (Å²) in [6.45, 7) is 2.27. The van der Waals surface area contributed by atoms with Crippen molar-refractivity contribution < 1.29 is 13.6 Å². The number of carbonyl (C=O) groups excluding carboxylic acids is 1. The van der Waals surface area contributed by atoms with Crippen LogP contribution in [0.25, 0.3) is 0 Å². The standard InChI is InChI=1S/C19H19ClF2N2O/c1-11(6-12-2-4-15(20)5-3-12)24-19(25)18-9-13-7-16(21)17(22)8-14(13)10-23-18/h2-5,7-8,11,18,23H,6,9-10H2,1H3,(H,24,25)/t11-,18-/m0/s1. The lowest BCUT2D eigenvalue weighted by Crippen LogP contribution is -2.50. The number of hydrogen-bond acceptors (Lipinski definition) is 2. The van der Waals surface area contributed by atoms with E-state index in [0.717, 1.165) is 5.56 Å². The molecule has 1 aliphatic heterocycles. The Hall–Kier alpha value is -1.98. The predicted octanol–water partition coefficient (Wildman–Crippen LogP) is 3.38. The second-order valence-corrected chi connectivity index (χ2v) is 6.85. The fourth-order valence-electron chi connectivity index (χ4n) is 3.06. The molecule has 1 heterocycles. The largest absolute Gasteiger partial charge is 0.352 e. The highest BCUT2D eigenvalue weighted by atomic mass is 35.5. The van der Waals surface area contributed by atoms with Gasteiger partial charge in [-0.3, -0.25) is 4.79 Å². The lowest BCUT2D eigenvalue weighted by atomic mass is 9.94. The summed E-state index contributed by atoms with van der Waals surface area (Å²) >= 11 is 5.87. The summed E-state index contributed by atoms with van der Waals surface area (Å²) in [5.74, 6) is -1.88. The molecule has 0 radical (unpaired) electrons. The second kappa shape index (κ2) is 7.50. The van der Waals surface area contributed by atoms with E-state index in [1.54, 1.807) is 0 Å². The molecule has 6 heteroatoms. The minimum atomic E-state index is -0.879. The van der Waals surface area contributed by atoms with Crippen LogP contribution in [-0.2, 0) is 24.2 Å². The number of carbonyl (C=O) groups is 1. The van der Waals surface area contributed by atoms with Crippen molar-refractivity contribution in [3.63, 3.8) is 0 Å². The molecule has 0 bridgehead atoms. The number of benzene rings is 2. The first-order chi connectivity index (χ1) is 11.9. The van der Waals surface area contributed by atoms with Gasteiger partial charge in [0.05, 0.1) is 6.04 Å². The van der Waals surface area contributed by atoms with Gasteiger partial charge in [0.1, 0.15) is 0 Å². The van der Waals surface area contributed by atoms with E-state index >= 15 is 0 Å². The molecule has 1 aliphatic rings. The van der Waals surface area contributed by atoms with Crippen molar-refractivity contribution in [1.29, 1.82) is 0 Å². The molecule has 0 saturated heterocycles. The Labute approximate surface area is 150 Å². The second-order valence-electron chi connectivity index (χ2n) is 6.41. The van der Waals surface area contributed by atoms with E-state index in [2.05, 4.69) is 10.6 Å². The highest BCUT2D eigenvalue weighted by Crippen LogP contribution is 2.20. The predicted molar refractivity (Wildman–Crippen MR) is 93.5 cm³/mol. The molecule has 3 rings (SSSR count). The SMILES string of the molecule is C[C@@H](Cc1ccc(Cl)cc1)NC(=O)[C@@H]1Cc2cc(F)c(F)cc2CN1. The third-order valence-electron chi connectivity index (χ3n) is 4.37. The molecular formula is C19H19ClF2N2O. The van der Waals surface area contributed by atoms with Crippen LogP contribution in [0.3, 0.4) is 0 Å². The first-order valence-electron chi connectivity index (χ1n) is 8.17. The van der Waals surface area contributed by atoms with E-state index < -0.39 is 17.7 Å². The van der Waals surface area contributed by atoms with Gasteiger partial charge in [0, 0.05) is 17.6 Å². The van der Waals surface area contributed by atoms with Crippen LogP contribution >= 0.6 is 11.6 Å². The molecule has 0 aromatic heterocycles. The number of hydrogen-bond donors (Lipinski definition) is 2. The highest BCUT2D eigenvalue weighted by Gasteiger charge is 2.26. The first kappa shape index (κ1) is 17.8. The Morgan fingerprint density at radius 2 is 1.88 bits per heavy atom. The molecule has 2 N–H and O–H groups in total. The van der Waals surface area contributed by atoms with Crippen LogP contribution in [0.2, 0.25) is 5.02 Å². The third kappa shape index (κ3) is 4.35. The van der Waals surface area contributed by atoms with Gasteiger partial charge in [0.15, 0.2) is 11.6 Å². The van der Waals surface area contributed by atoms with Crippen molar-refractivity contribution in [2.75, 3.05) is 0 Å². The summed E-state index contributed by atoms with van der Waals surface area (Å²) in [6, 6.07) is 9.36. The number of fused-ring (bicyclic) bond motifs is 1. The molecule has 132 valence electrons. The molecular weight excluding hydrogens is 346 g/mol. The van der Waals surface area contributed by atoms with Crippen LogP contribution in [0.15, 0.2) is 36.4 Å². The lowest BCUT2D eigenvalue weighted by Gasteiger charge is -2.27. The van der Waals surface area contributed by atoms with E-state index in [9.17, 15) is 13.6 Å². The summed E-state index contributed by atoms with van der Waals surface area (Å²) in [6.07, 6.45) is 1.03. The minimum absolute atomic E-state index is 0.0539. The van der Waals surface area contributed by atoms with Gasteiger partial charge in [0.25, 0.3) is 0 Å². The maximum atomic E-state index is 13.4. The smallest absolute Gasteiger partial charge is 0.237 e. The van der Waals surface area contributed by atoms with Crippen LogP contribution in [0.1, 0.15) is 23.6 Å². The number of rotatable bonds is 4. The van der Waals surface area contributed by atoms with Crippen LogP contribution in [0.4, 0.5) is 8.78 Å². The van der Waals surface area contributed by atoms with Gasteiger partial charge in [0.2, 0.25) is 5.91 Å². The number of nitrogens with one attached hydrogen (secondary N) is 2. The molecule has 0 aliphatic carbocycles. The Morgan fingerprint density at radius 1 is 1.24 bits per heavy atom. The van der Waals surface area contributed by atoms with Crippen LogP contribution in [0, 0.1) is 11.6 Å². The quantitative estimate of drug-likeness (QED) is 0.873. The van der Waals surface area contributed by atoms with E-state index in [-0.39, 0.29) is 11.9 Å². The first-order valence-corrected chi connectivity index (χ1v) is 8.55. The molecule has 25 heavy (non-hydrogen) atoms. The van der Waals surface area contributed by atoms with Gasteiger partial charge in [-0.05, 0) is 60.7 Å². The van der Waals surface area contributed by atoms with Crippen molar-refractivity contribution >= 4 is 17.5 Å². The summed E-state index contributed by atoms with van der Waals surface area (Å²) in [4.78, 5) is 12.5. The topological polar surface area (TPSA) is 41.1 Å². The van der Waals surface area contributed by atoms with Gasteiger partial charge < -0.3 is 10.6 Å². The average Bonchev–Trinajstić information content (AvgIpc) is 2.57. The zero-order valence-corrected chi connectivity index (χ0v) is 14.5. The van der Waals surface area contributed by atoms with Crippen molar-refractivity contribution in [3.05, 3.63) is 69.7 Å². The normalized spacial score (nSPS) is 17.7. The Kier molecular flexibility index (Phi) is 5.35. The molecule has 2 atom stereocenters. The minimum Gasteiger partial charge on any atom is -0.352 e. The van der Waals surface area contributed by atoms with E-state index in [1.165, 1.54) is 12.1 Å². The molecule has 0 spiro atoms. The maximum absolute atomic E-state index is 13.4. The summed E-state index contributed by atoms with van der Waals surface area (Å²) in [7, 11) is 0. The van der Waals surface area contributed by atoms with E-state index in [0.29, 0.717) is 35.5 Å². The molecule has 0 fully saturated rings. The fourth-order valence-corrected chi connectivity index (χ4v) is 3.19. The van der Waals surface area contributed by atoms with Crippen LogP contribution in [-0.4, -0.2) is 18.0 Å². The zero-order valence-electron chi connectivity index (χ0n) is 13.8. The van der Waals surface area contributed by atoms with Crippen molar-refractivity contribution in [3.8, 4) is 0 Å². The molecule has 3 nitrogen and oxygen atoms in total. The molecule has 0 saturated carbocycles. The molecule has 0 unspecified atom stereocenters. The molecule has 1 amide bonds. The Bertz CT molecular complexity index is 780. The van der Waals surface area contributed by atoms with Gasteiger partial charge in [-0.1, -0.05) is 23.7 Å². The van der Waals surface area contributed by atoms with Crippen molar-refractivity contribution in [1.82, 2.24) is 10.6 Å². The number of amides is 1. The van der Waals surface area contributed by atoms with Gasteiger partial charge in [-0.2, -0.15) is 0 Å². The molecule has 2 aromatic rings. The van der Waals surface area contributed by atoms with Gasteiger partial charge in [-0.25, -0.2) is 8.78 Å². The van der Waals surface area contributed by atoms with Gasteiger partial charge >= 0.3 is 0 Å². The monoisotopic (exact) mass is 364 g/mol. The average molecular weight is 365 g/mol. The van der Waals surface area contributed by atoms with Crippen LogP contribution < -0.4 is 10.6 Å². The van der Waals surface area contributed by atoms with Crippen molar-refractivity contribution in [2.45, 2.75) is 38.4 Å². The zero-order chi connectivity index (χ0) is 18.0. The molecule has 2 aromatic carbocycles. The van der Waals surface area contributed by atoms with E-state index in [1.807, 2.05) is 31.2 Å². The summed E-state index contributed by atoms with van der Waals surface area (Å²) in [5, 5.41) is 6.72. The third-order valence-corrected chi connectivity index (χ3v) is 4.62.